The number of ether oxygens (including phenoxy) is 1. The Morgan fingerprint density at radius 3 is 2.30 bits per heavy atom. The van der Waals surface area contributed by atoms with Crippen molar-refractivity contribution in [1.82, 2.24) is 15.1 Å². The van der Waals surface area contributed by atoms with Crippen LogP contribution in [-0.4, -0.2) is 57.1 Å². The van der Waals surface area contributed by atoms with Gasteiger partial charge in [0.15, 0.2) is 5.96 Å². The highest BCUT2D eigenvalue weighted by molar-refractivity contribution is 14.0. The SMILES string of the molecule is CN(C)CCOc1ccccc1CNC(=NCc1ccccc1)N(C)C.I. The number of aliphatic imine (C=N–C) groups is 1. The van der Waals surface area contributed by atoms with Crippen molar-refractivity contribution in [2.75, 3.05) is 41.3 Å². The lowest BCUT2D eigenvalue weighted by Crippen LogP contribution is -2.36. The highest BCUT2D eigenvalue weighted by Crippen LogP contribution is 2.17. The molecule has 0 fully saturated rings. The number of hydrogen-bond donors (Lipinski definition) is 1. The van der Waals surface area contributed by atoms with Gasteiger partial charge in [-0.15, -0.1) is 24.0 Å². The molecular formula is C21H31IN4O. The first-order valence-electron chi connectivity index (χ1n) is 8.91. The predicted molar refractivity (Wildman–Crippen MR) is 124 cm³/mol. The lowest BCUT2D eigenvalue weighted by atomic mass is 10.2. The fourth-order valence-electron chi connectivity index (χ4n) is 2.41. The number of para-hydroxylation sites is 1. The fraction of sp³-hybridized carbons (Fsp3) is 0.381. The molecule has 0 heterocycles. The average molecular weight is 482 g/mol. The van der Waals surface area contributed by atoms with Gasteiger partial charge in [0, 0.05) is 32.7 Å². The molecule has 2 aromatic rings. The summed E-state index contributed by atoms with van der Waals surface area (Å²) in [7, 11) is 8.08. The number of nitrogens with one attached hydrogen (secondary N) is 1. The molecule has 2 aromatic carbocycles. The standard InChI is InChI=1S/C21H30N4O.HI/c1-24(2)14-15-26-20-13-9-8-12-19(20)17-23-21(25(3)4)22-16-18-10-6-5-7-11-18;/h5-13H,14-17H2,1-4H3,(H,22,23);1H. The van der Waals surface area contributed by atoms with Gasteiger partial charge in [0.05, 0.1) is 6.54 Å². The molecule has 148 valence electrons. The number of guanidine groups is 1. The van der Waals surface area contributed by atoms with E-state index in [0.717, 1.165) is 23.8 Å². The average Bonchev–Trinajstić information content (AvgIpc) is 2.63. The molecule has 27 heavy (non-hydrogen) atoms. The van der Waals surface area contributed by atoms with Gasteiger partial charge in [-0.05, 0) is 25.7 Å². The van der Waals surface area contributed by atoms with E-state index in [4.69, 9.17) is 9.73 Å². The Morgan fingerprint density at radius 2 is 1.63 bits per heavy atom. The summed E-state index contributed by atoms with van der Waals surface area (Å²) in [4.78, 5) is 8.82. The van der Waals surface area contributed by atoms with Crippen LogP contribution in [-0.2, 0) is 13.1 Å². The van der Waals surface area contributed by atoms with Crippen LogP contribution in [0, 0.1) is 0 Å². The molecule has 6 heteroatoms. The topological polar surface area (TPSA) is 40.1 Å². The molecule has 0 radical (unpaired) electrons. The second-order valence-corrected chi connectivity index (χ2v) is 6.63. The lowest BCUT2D eigenvalue weighted by molar-refractivity contribution is 0.259. The quantitative estimate of drug-likeness (QED) is 0.356. The van der Waals surface area contributed by atoms with Crippen molar-refractivity contribution in [3.05, 3.63) is 65.7 Å². The van der Waals surface area contributed by atoms with Gasteiger partial charge >= 0.3 is 0 Å². The molecule has 0 aliphatic heterocycles. The van der Waals surface area contributed by atoms with E-state index in [1.54, 1.807) is 0 Å². The van der Waals surface area contributed by atoms with E-state index in [-0.39, 0.29) is 24.0 Å². The summed E-state index contributed by atoms with van der Waals surface area (Å²) in [6.45, 7) is 2.89. The van der Waals surface area contributed by atoms with Crippen molar-refractivity contribution in [2.24, 2.45) is 4.99 Å². The zero-order chi connectivity index (χ0) is 18.8. The van der Waals surface area contributed by atoms with Gasteiger partial charge in [-0.2, -0.15) is 0 Å². The van der Waals surface area contributed by atoms with E-state index in [9.17, 15) is 0 Å². The summed E-state index contributed by atoms with van der Waals surface area (Å²) in [6.07, 6.45) is 0. The summed E-state index contributed by atoms with van der Waals surface area (Å²) in [5.74, 6) is 1.78. The number of benzene rings is 2. The maximum absolute atomic E-state index is 5.93. The molecule has 2 rings (SSSR count). The largest absolute Gasteiger partial charge is 0.492 e. The molecule has 0 aromatic heterocycles. The summed E-state index contributed by atoms with van der Waals surface area (Å²) in [5.41, 5.74) is 2.32. The van der Waals surface area contributed by atoms with Gasteiger partial charge in [0.1, 0.15) is 12.4 Å². The molecule has 0 aliphatic rings. The van der Waals surface area contributed by atoms with Gasteiger partial charge in [-0.25, -0.2) is 4.99 Å². The van der Waals surface area contributed by atoms with Crippen molar-refractivity contribution in [3.63, 3.8) is 0 Å². The summed E-state index contributed by atoms with van der Waals surface area (Å²) in [6, 6.07) is 18.4. The predicted octanol–water partition coefficient (Wildman–Crippen LogP) is 3.45. The molecule has 0 atom stereocenters. The minimum Gasteiger partial charge on any atom is -0.492 e. The van der Waals surface area contributed by atoms with E-state index in [1.807, 2.05) is 69.5 Å². The van der Waals surface area contributed by atoms with Crippen molar-refractivity contribution >= 4 is 29.9 Å². The number of hydrogen-bond acceptors (Lipinski definition) is 3. The molecule has 1 N–H and O–H groups in total. The maximum Gasteiger partial charge on any atom is 0.194 e. The van der Waals surface area contributed by atoms with Gasteiger partial charge < -0.3 is 19.9 Å². The van der Waals surface area contributed by atoms with E-state index in [1.165, 1.54) is 5.56 Å². The van der Waals surface area contributed by atoms with Crippen LogP contribution in [0.1, 0.15) is 11.1 Å². The minimum absolute atomic E-state index is 0. The second kappa shape index (κ2) is 12.6. The molecule has 0 saturated heterocycles. The number of likely N-dealkylation sites (N-methyl/N-ethyl adjacent to an activating group) is 1. The van der Waals surface area contributed by atoms with Crippen LogP contribution in [0.25, 0.3) is 0 Å². The Kier molecular flexibility index (Phi) is 10.8. The number of nitrogens with zero attached hydrogens (tertiary/aromatic N) is 3. The Hall–Kier alpha value is -1.80. The third-order valence-electron chi connectivity index (χ3n) is 3.88. The van der Waals surface area contributed by atoms with Gasteiger partial charge in [0.2, 0.25) is 0 Å². The van der Waals surface area contributed by atoms with Crippen molar-refractivity contribution < 1.29 is 4.74 Å². The lowest BCUT2D eigenvalue weighted by Gasteiger charge is -2.19. The molecular weight excluding hydrogens is 451 g/mol. The number of halogens is 1. The normalized spacial score (nSPS) is 11.1. The Labute approximate surface area is 180 Å². The molecule has 0 spiro atoms. The zero-order valence-corrected chi connectivity index (χ0v) is 19.0. The van der Waals surface area contributed by atoms with Gasteiger partial charge in [-0.1, -0.05) is 48.5 Å². The highest BCUT2D eigenvalue weighted by Gasteiger charge is 2.06. The van der Waals surface area contributed by atoms with Crippen molar-refractivity contribution in [1.29, 1.82) is 0 Å². The number of rotatable bonds is 8. The molecule has 0 amide bonds. The first-order chi connectivity index (χ1) is 12.6. The van der Waals surface area contributed by atoms with Crippen LogP contribution in [0.15, 0.2) is 59.6 Å². The Morgan fingerprint density at radius 1 is 0.963 bits per heavy atom. The highest BCUT2D eigenvalue weighted by atomic mass is 127. The van der Waals surface area contributed by atoms with Gasteiger partial charge in [-0.3, -0.25) is 0 Å². The van der Waals surface area contributed by atoms with E-state index >= 15 is 0 Å². The summed E-state index contributed by atoms with van der Waals surface area (Å²) in [5, 5.41) is 3.43. The van der Waals surface area contributed by atoms with Gasteiger partial charge in [0.25, 0.3) is 0 Å². The summed E-state index contributed by atoms with van der Waals surface area (Å²) >= 11 is 0. The van der Waals surface area contributed by atoms with E-state index in [0.29, 0.717) is 19.7 Å². The summed E-state index contributed by atoms with van der Waals surface area (Å²) < 4.78 is 5.93. The molecule has 0 bridgehead atoms. The van der Waals surface area contributed by atoms with E-state index < -0.39 is 0 Å². The first-order valence-corrected chi connectivity index (χ1v) is 8.91. The molecule has 0 aliphatic carbocycles. The Bertz CT molecular complexity index is 690. The van der Waals surface area contributed by atoms with Crippen LogP contribution in [0.2, 0.25) is 0 Å². The molecule has 0 saturated carbocycles. The van der Waals surface area contributed by atoms with Crippen LogP contribution >= 0.6 is 24.0 Å². The molecule has 0 unspecified atom stereocenters. The Balaban J connectivity index is 0.00000364. The minimum atomic E-state index is 0. The fourth-order valence-corrected chi connectivity index (χ4v) is 2.41. The van der Waals surface area contributed by atoms with E-state index in [2.05, 4.69) is 28.4 Å². The van der Waals surface area contributed by atoms with Crippen molar-refractivity contribution in [2.45, 2.75) is 13.1 Å². The smallest absolute Gasteiger partial charge is 0.194 e. The molecule has 5 nitrogen and oxygen atoms in total. The van der Waals surface area contributed by atoms with Crippen molar-refractivity contribution in [3.8, 4) is 5.75 Å². The van der Waals surface area contributed by atoms with Crippen LogP contribution in [0.3, 0.4) is 0 Å². The van der Waals surface area contributed by atoms with Crippen LogP contribution in [0.5, 0.6) is 5.75 Å². The first kappa shape index (κ1) is 23.2. The maximum atomic E-state index is 5.93. The third-order valence-corrected chi connectivity index (χ3v) is 3.88. The monoisotopic (exact) mass is 482 g/mol. The zero-order valence-electron chi connectivity index (χ0n) is 16.7. The second-order valence-electron chi connectivity index (χ2n) is 6.63. The third kappa shape index (κ3) is 8.62. The van der Waals surface area contributed by atoms with Crippen LogP contribution in [0.4, 0.5) is 0 Å². The van der Waals surface area contributed by atoms with Crippen LogP contribution < -0.4 is 10.1 Å².